The molecule has 18 heavy (non-hydrogen) atoms. The molecule has 0 aliphatic rings. The van der Waals surface area contributed by atoms with E-state index in [-0.39, 0.29) is 0 Å². The quantitative estimate of drug-likeness (QED) is 0.568. The lowest BCUT2D eigenvalue weighted by molar-refractivity contribution is 0.164. The predicted octanol–water partition coefficient (Wildman–Crippen LogP) is 2.43. The van der Waals surface area contributed by atoms with Crippen molar-refractivity contribution in [2.45, 2.75) is 6.54 Å². The van der Waals surface area contributed by atoms with Gasteiger partial charge in [-0.25, -0.2) is 0 Å². The molecule has 0 spiro atoms. The Morgan fingerprint density at radius 2 is 2.50 bits per heavy atom. The van der Waals surface area contributed by atoms with E-state index in [0.29, 0.717) is 13.2 Å². The smallest absolute Gasteiger partial charge is 0.0794 e. The molecule has 0 fully saturated rings. The first-order chi connectivity index (χ1) is 8.92. The van der Waals surface area contributed by atoms with Crippen molar-refractivity contribution in [1.29, 1.82) is 0 Å². The van der Waals surface area contributed by atoms with Crippen LogP contribution in [0.2, 0.25) is 0 Å². The molecule has 0 radical (unpaired) electrons. The molecule has 2 aromatic heterocycles. The van der Waals surface area contributed by atoms with Crippen molar-refractivity contribution in [3.8, 4) is 10.6 Å². The number of aromatic nitrogens is 2. The standard InChI is InChI=1S/C13H17N3OS/c1-2-6-17-7-5-14-9-11-10-15-16-13(11)12-4-3-8-18-12/h2-4,8,10,14H,1,5-7,9H2,(H,15,16). The lowest BCUT2D eigenvalue weighted by Crippen LogP contribution is -2.19. The van der Waals surface area contributed by atoms with Gasteiger partial charge in [0.15, 0.2) is 0 Å². The van der Waals surface area contributed by atoms with Crippen molar-refractivity contribution in [3.05, 3.63) is 41.9 Å². The van der Waals surface area contributed by atoms with Crippen LogP contribution in [0, 0.1) is 0 Å². The zero-order chi connectivity index (χ0) is 12.6. The van der Waals surface area contributed by atoms with Crippen LogP contribution in [0.1, 0.15) is 5.56 Å². The molecule has 96 valence electrons. The van der Waals surface area contributed by atoms with Gasteiger partial charge in [-0.2, -0.15) is 5.10 Å². The van der Waals surface area contributed by atoms with Crippen LogP contribution in [0.15, 0.2) is 36.4 Å². The molecular formula is C13H17N3OS. The number of aromatic amines is 1. The molecule has 0 saturated carbocycles. The Bertz CT molecular complexity index is 464. The Labute approximate surface area is 111 Å². The molecular weight excluding hydrogens is 246 g/mol. The maximum Gasteiger partial charge on any atom is 0.0794 e. The van der Waals surface area contributed by atoms with Gasteiger partial charge >= 0.3 is 0 Å². The Balaban J connectivity index is 1.80. The van der Waals surface area contributed by atoms with Gasteiger partial charge in [-0.15, -0.1) is 17.9 Å². The molecule has 2 rings (SSSR count). The highest BCUT2D eigenvalue weighted by atomic mass is 32.1. The molecule has 0 bridgehead atoms. The van der Waals surface area contributed by atoms with E-state index < -0.39 is 0 Å². The Morgan fingerprint density at radius 1 is 1.56 bits per heavy atom. The lowest BCUT2D eigenvalue weighted by Gasteiger charge is -2.04. The number of hydrogen-bond acceptors (Lipinski definition) is 4. The molecule has 4 nitrogen and oxygen atoms in total. The third kappa shape index (κ3) is 3.53. The minimum absolute atomic E-state index is 0.605. The minimum atomic E-state index is 0.605. The largest absolute Gasteiger partial charge is 0.376 e. The summed E-state index contributed by atoms with van der Waals surface area (Å²) in [5, 5.41) is 12.5. The highest BCUT2D eigenvalue weighted by Crippen LogP contribution is 2.25. The molecule has 0 atom stereocenters. The lowest BCUT2D eigenvalue weighted by atomic mass is 10.2. The summed E-state index contributed by atoms with van der Waals surface area (Å²) < 4.78 is 5.30. The van der Waals surface area contributed by atoms with Gasteiger partial charge in [0.2, 0.25) is 0 Å². The Hall–Kier alpha value is -1.43. The highest BCUT2D eigenvalue weighted by molar-refractivity contribution is 7.13. The third-order valence-electron chi connectivity index (χ3n) is 2.46. The van der Waals surface area contributed by atoms with Crippen LogP contribution in [0.4, 0.5) is 0 Å². The van der Waals surface area contributed by atoms with Gasteiger partial charge in [-0.1, -0.05) is 12.1 Å². The van der Waals surface area contributed by atoms with Crippen LogP contribution in [0.3, 0.4) is 0 Å². The highest BCUT2D eigenvalue weighted by Gasteiger charge is 2.07. The first kappa shape index (κ1) is 13.0. The molecule has 0 aromatic carbocycles. The second-order valence-electron chi connectivity index (χ2n) is 3.79. The van der Waals surface area contributed by atoms with Gasteiger partial charge in [0.1, 0.15) is 0 Å². The number of nitrogens with zero attached hydrogens (tertiary/aromatic N) is 1. The summed E-state index contributed by atoms with van der Waals surface area (Å²) in [6, 6.07) is 4.13. The average molecular weight is 263 g/mol. The molecule has 5 heteroatoms. The monoisotopic (exact) mass is 263 g/mol. The maximum atomic E-state index is 5.30. The van der Waals surface area contributed by atoms with Crippen LogP contribution < -0.4 is 5.32 Å². The van der Waals surface area contributed by atoms with Gasteiger partial charge in [0.05, 0.1) is 30.0 Å². The van der Waals surface area contributed by atoms with E-state index in [0.717, 1.165) is 18.8 Å². The molecule has 2 heterocycles. The summed E-state index contributed by atoms with van der Waals surface area (Å²) in [4.78, 5) is 1.22. The van der Waals surface area contributed by atoms with Crippen LogP contribution in [0.5, 0.6) is 0 Å². The van der Waals surface area contributed by atoms with E-state index >= 15 is 0 Å². The summed E-state index contributed by atoms with van der Waals surface area (Å²) >= 11 is 1.71. The molecule has 2 aromatic rings. The fourth-order valence-electron chi connectivity index (χ4n) is 1.61. The summed E-state index contributed by atoms with van der Waals surface area (Å²) in [6.45, 7) is 6.52. The van der Waals surface area contributed by atoms with Crippen molar-refractivity contribution in [2.24, 2.45) is 0 Å². The number of ether oxygens (including phenoxy) is 1. The number of thiophene rings is 1. The summed E-state index contributed by atoms with van der Waals surface area (Å²) in [5.41, 5.74) is 2.28. The van der Waals surface area contributed by atoms with Crippen molar-refractivity contribution >= 4 is 11.3 Å². The Morgan fingerprint density at radius 3 is 3.28 bits per heavy atom. The SMILES string of the molecule is C=CCOCCNCc1cn[nH]c1-c1cccs1. The van der Waals surface area contributed by atoms with Gasteiger partial charge < -0.3 is 10.1 Å². The predicted molar refractivity (Wildman–Crippen MR) is 74.6 cm³/mol. The first-order valence-corrected chi connectivity index (χ1v) is 6.75. The van der Waals surface area contributed by atoms with E-state index in [1.165, 1.54) is 10.4 Å². The average Bonchev–Trinajstić information content (AvgIpc) is 3.03. The van der Waals surface area contributed by atoms with Crippen molar-refractivity contribution < 1.29 is 4.74 Å². The van der Waals surface area contributed by atoms with E-state index in [9.17, 15) is 0 Å². The molecule has 2 N–H and O–H groups in total. The number of H-pyrrole nitrogens is 1. The van der Waals surface area contributed by atoms with Crippen LogP contribution in [-0.4, -0.2) is 30.0 Å². The molecule has 0 saturated heterocycles. The Kier molecular flexibility index (Phi) is 5.14. The van der Waals surface area contributed by atoms with Gasteiger partial charge in [-0.05, 0) is 11.4 Å². The molecule has 0 aliphatic carbocycles. The van der Waals surface area contributed by atoms with Gasteiger partial charge in [-0.3, -0.25) is 5.10 Å². The molecule has 0 aliphatic heterocycles. The normalized spacial score (nSPS) is 10.7. The van der Waals surface area contributed by atoms with E-state index in [1.807, 2.05) is 12.3 Å². The fourth-order valence-corrected chi connectivity index (χ4v) is 2.37. The van der Waals surface area contributed by atoms with E-state index in [4.69, 9.17) is 4.74 Å². The fraction of sp³-hybridized carbons (Fsp3) is 0.308. The molecule has 0 unspecified atom stereocenters. The van der Waals surface area contributed by atoms with Crippen molar-refractivity contribution in [2.75, 3.05) is 19.8 Å². The number of nitrogens with one attached hydrogen (secondary N) is 2. The zero-order valence-corrected chi connectivity index (χ0v) is 11.0. The van der Waals surface area contributed by atoms with Gasteiger partial charge in [0.25, 0.3) is 0 Å². The van der Waals surface area contributed by atoms with Crippen molar-refractivity contribution in [1.82, 2.24) is 15.5 Å². The summed E-state index contributed by atoms with van der Waals surface area (Å²) in [7, 11) is 0. The topological polar surface area (TPSA) is 49.9 Å². The number of hydrogen-bond donors (Lipinski definition) is 2. The summed E-state index contributed by atoms with van der Waals surface area (Å²) in [5.74, 6) is 0. The van der Waals surface area contributed by atoms with Crippen LogP contribution in [-0.2, 0) is 11.3 Å². The maximum absolute atomic E-state index is 5.30. The molecule has 0 amide bonds. The third-order valence-corrected chi connectivity index (χ3v) is 3.35. The van der Waals surface area contributed by atoms with E-state index in [2.05, 4.69) is 33.5 Å². The van der Waals surface area contributed by atoms with Gasteiger partial charge in [0, 0.05) is 18.7 Å². The van der Waals surface area contributed by atoms with Crippen LogP contribution in [0.25, 0.3) is 10.6 Å². The van der Waals surface area contributed by atoms with E-state index in [1.54, 1.807) is 17.4 Å². The number of rotatable bonds is 8. The minimum Gasteiger partial charge on any atom is -0.376 e. The second kappa shape index (κ2) is 7.10. The zero-order valence-electron chi connectivity index (χ0n) is 10.2. The first-order valence-electron chi connectivity index (χ1n) is 5.87. The second-order valence-corrected chi connectivity index (χ2v) is 4.74. The van der Waals surface area contributed by atoms with Crippen LogP contribution >= 0.6 is 11.3 Å². The summed E-state index contributed by atoms with van der Waals surface area (Å²) in [6.07, 6.45) is 3.62. The van der Waals surface area contributed by atoms with Crippen molar-refractivity contribution in [3.63, 3.8) is 0 Å².